The highest BCUT2D eigenvalue weighted by Crippen LogP contribution is 2.20. The van der Waals surface area contributed by atoms with Crippen molar-refractivity contribution in [2.75, 3.05) is 5.32 Å². The number of carbonyl (C=O) groups excluding carboxylic acids is 1. The van der Waals surface area contributed by atoms with Crippen LogP contribution >= 0.6 is 0 Å². The molecule has 82 valence electrons. The van der Waals surface area contributed by atoms with Gasteiger partial charge in [-0.15, -0.1) is 0 Å². The summed E-state index contributed by atoms with van der Waals surface area (Å²) in [5.74, 6) is -0.140. The van der Waals surface area contributed by atoms with Crippen molar-refractivity contribution in [3.63, 3.8) is 0 Å². The highest BCUT2D eigenvalue weighted by Gasteiger charge is 2.11. The van der Waals surface area contributed by atoms with E-state index in [0.717, 1.165) is 23.2 Å². The average molecular weight is 206 g/mol. The molecule has 1 atom stereocenters. The highest BCUT2D eigenvalue weighted by molar-refractivity contribution is 5.95. The summed E-state index contributed by atoms with van der Waals surface area (Å²) in [6.45, 7) is 5.73. The normalized spacial score (nSPS) is 12.3. The minimum atomic E-state index is -0.477. The number of amides is 1. The minimum Gasteiger partial charge on any atom is -0.324 e. The van der Waals surface area contributed by atoms with Gasteiger partial charge < -0.3 is 11.1 Å². The Morgan fingerprint density at radius 3 is 2.73 bits per heavy atom. The summed E-state index contributed by atoms with van der Waals surface area (Å²) in [5.41, 5.74) is 8.63. The zero-order chi connectivity index (χ0) is 11.4. The third kappa shape index (κ3) is 2.80. The van der Waals surface area contributed by atoms with Gasteiger partial charge in [-0.05, 0) is 31.4 Å². The molecule has 0 aromatic heterocycles. The molecular weight excluding hydrogens is 188 g/mol. The Morgan fingerprint density at radius 1 is 1.53 bits per heavy atom. The molecule has 1 rings (SSSR count). The predicted molar refractivity (Wildman–Crippen MR) is 62.8 cm³/mol. The number of hydrogen-bond donors (Lipinski definition) is 2. The predicted octanol–water partition coefficient (Wildman–Crippen LogP) is 1.84. The molecule has 0 bridgehead atoms. The number of rotatable bonds is 3. The van der Waals surface area contributed by atoms with E-state index >= 15 is 0 Å². The van der Waals surface area contributed by atoms with E-state index in [0.29, 0.717) is 0 Å². The molecule has 0 heterocycles. The first kappa shape index (κ1) is 11.7. The van der Waals surface area contributed by atoms with Crippen molar-refractivity contribution < 1.29 is 4.79 Å². The quantitative estimate of drug-likeness (QED) is 0.793. The van der Waals surface area contributed by atoms with E-state index < -0.39 is 6.04 Å². The van der Waals surface area contributed by atoms with Gasteiger partial charge in [0, 0.05) is 5.69 Å². The van der Waals surface area contributed by atoms with Gasteiger partial charge in [0.05, 0.1) is 6.04 Å². The van der Waals surface area contributed by atoms with Crippen molar-refractivity contribution in [2.45, 2.75) is 33.2 Å². The molecule has 0 saturated carbocycles. The first-order valence-electron chi connectivity index (χ1n) is 5.21. The Hall–Kier alpha value is -1.35. The van der Waals surface area contributed by atoms with Crippen LogP contribution in [0.1, 0.15) is 25.0 Å². The van der Waals surface area contributed by atoms with Crippen LogP contribution < -0.4 is 11.1 Å². The van der Waals surface area contributed by atoms with E-state index in [2.05, 4.69) is 12.2 Å². The number of nitrogens with two attached hydrogens (primary N) is 1. The lowest BCUT2D eigenvalue weighted by molar-refractivity contribution is -0.117. The first-order valence-corrected chi connectivity index (χ1v) is 5.21. The van der Waals surface area contributed by atoms with Crippen LogP contribution in [0, 0.1) is 6.92 Å². The molecule has 3 heteroatoms. The lowest BCUT2D eigenvalue weighted by atomic mass is 10.1. The van der Waals surface area contributed by atoms with Crippen LogP contribution in [0.2, 0.25) is 0 Å². The molecule has 0 aliphatic carbocycles. The maximum absolute atomic E-state index is 11.5. The van der Waals surface area contributed by atoms with E-state index in [-0.39, 0.29) is 5.91 Å². The zero-order valence-corrected chi connectivity index (χ0v) is 9.50. The SMILES string of the molecule is CCc1cccc(C)c1NC(=O)[C@H](C)N. The number of anilines is 1. The van der Waals surface area contributed by atoms with Crippen LogP contribution in [-0.4, -0.2) is 11.9 Å². The molecule has 0 aliphatic rings. The second-order valence-corrected chi connectivity index (χ2v) is 3.74. The summed E-state index contributed by atoms with van der Waals surface area (Å²) >= 11 is 0. The summed E-state index contributed by atoms with van der Waals surface area (Å²) in [7, 11) is 0. The van der Waals surface area contributed by atoms with E-state index in [4.69, 9.17) is 5.73 Å². The Morgan fingerprint density at radius 2 is 2.20 bits per heavy atom. The molecule has 0 fully saturated rings. The highest BCUT2D eigenvalue weighted by atomic mass is 16.2. The number of hydrogen-bond acceptors (Lipinski definition) is 2. The molecule has 1 aromatic rings. The van der Waals surface area contributed by atoms with Crippen LogP contribution in [0.4, 0.5) is 5.69 Å². The number of nitrogens with one attached hydrogen (secondary N) is 1. The molecule has 0 aliphatic heterocycles. The molecule has 0 saturated heterocycles. The van der Waals surface area contributed by atoms with Gasteiger partial charge in [-0.1, -0.05) is 25.1 Å². The first-order chi connectivity index (χ1) is 7.06. The molecule has 1 amide bonds. The van der Waals surface area contributed by atoms with E-state index in [1.165, 1.54) is 0 Å². The summed E-state index contributed by atoms with van der Waals surface area (Å²) in [5, 5.41) is 2.87. The van der Waals surface area contributed by atoms with Crippen LogP contribution in [-0.2, 0) is 11.2 Å². The number of aryl methyl sites for hydroxylation is 2. The standard InChI is InChI=1S/C12H18N2O/c1-4-10-7-5-6-8(2)11(10)14-12(15)9(3)13/h5-7,9H,4,13H2,1-3H3,(H,14,15)/t9-/m0/s1. The van der Waals surface area contributed by atoms with Gasteiger partial charge in [0.25, 0.3) is 0 Å². The van der Waals surface area contributed by atoms with Gasteiger partial charge >= 0.3 is 0 Å². The van der Waals surface area contributed by atoms with Crippen molar-refractivity contribution in [3.8, 4) is 0 Å². The van der Waals surface area contributed by atoms with Crippen molar-refractivity contribution in [3.05, 3.63) is 29.3 Å². The van der Waals surface area contributed by atoms with Crippen LogP contribution in [0.5, 0.6) is 0 Å². The average Bonchev–Trinajstić information content (AvgIpc) is 2.20. The molecule has 0 unspecified atom stereocenters. The maximum atomic E-state index is 11.5. The lowest BCUT2D eigenvalue weighted by Crippen LogP contribution is -2.33. The van der Waals surface area contributed by atoms with Crippen molar-refractivity contribution >= 4 is 11.6 Å². The van der Waals surface area contributed by atoms with E-state index in [1.807, 2.05) is 25.1 Å². The van der Waals surface area contributed by atoms with E-state index in [9.17, 15) is 4.79 Å². The Bertz CT molecular complexity index is 359. The summed E-state index contributed by atoms with van der Waals surface area (Å²) in [4.78, 5) is 11.5. The topological polar surface area (TPSA) is 55.1 Å². The Labute approximate surface area is 90.7 Å². The summed E-state index contributed by atoms with van der Waals surface area (Å²) in [6, 6.07) is 5.52. The third-order valence-corrected chi connectivity index (χ3v) is 2.40. The smallest absolute Gasteiger partial charge is 0.241 e. The monoisotopic (exact) mass is 206 g/mol. The molecular formula is C12H18N2O. The largest absolute Gasteiger partial charge is 0.324 e. The molecule has 0 spiro atoms. The fourth-order valence-electron chi connectivity index (χ4n) is 1.44. The second kappa shape index (κ2) is 4.94. The van der Waals surface area contributed by atoms with E-state index in [1.54, 1.807) is 6.92 Å². The molecule has 15 heavy (non-hydrogen) atoms. The van der Waals surface area contributed by atoms with Crippen molar-refractivity contribution in [2.24, 2.45) is 5.73 Å². The van der Waals surface area contributed by atoms with Gasteiger partial charge in [0.1, 0.15) is 0 Å². The Kier molecular flexibility index (Phi) is 3.86. The van der Waals surface area contributed by atoms with Gasteiger partial charge in [-0.2, -0.15) is 0 Å². The number of para-hydroxylation sites is 1. The van der Waals surface area contributed by atoms with Gasteiger partial charge in [-0.3, -0.25) is 4.79 Å². The van der Waals surface area contributed by atoms with Gasteiger partial charge in [-0.25, -0.2) is 0 Å². The number of benzene rings is 1. The molecule has 3 nitrogen and oxygen atoms in total. The summed E-state index contributed by atoms with van der Waals surface area (Å²) < 4.78 is 0. The van der Waals surface area contributed by atoms with Crippen LogP contribution in [0.3, 0.4) is 0 Å². The molecule has 3 N–H and O–H groups in total. The molecule has 0 radical (unpaired) electrons. The van der Waals surface area contributed by atoms with Crippen LogP contribution in [0.25, 0.3) is 0 Å². The van der Waals surface area contributed by atoms with Crippen LogP contribution in [0.15, 0.2) is 18.2 Å². The van der Waals surface area contributed by atoms with Crippen molar-refractivity contribution in [1.82, 2.24) is 0 Å². The maximum Gasteiger partial charge on any atom is 0.241 e. The third-order valence-electron chi connectivity index (χ3n) is 2.40. The van der Waals surface area contributed by atoms with Gasteiger partial charge in [0.15, 0.2) is 0 Å². The zero-order valence-electron chi connectivity index (χ0n) is 9.50. The second-order valence-electron chi connectivity index (χ2n) is 3.74. The Balaban J connectivity index is 2.97. The minimum absolute atomic E-state index is 0.140. The lowest BCUT2D eigenvalue weighted by Gasteiger charge is -2.14. The molecule has 1 aromatic carbocycles. The number of carbonyl (C=O) groups is 1. The summed E-state index contributed by atoms with van der Waals surface area (Å²) in [6.07, 6.45) is 0.899. The van der Waals surface area contributed by atoms with Crippen molar-refractivity contribution in [1.29, 1.82) is 0 Å². The fourth-order valence-corrected chi connectivity index (χ4v) is 1.44. The fraction of sp³-hybridized carbons (Fsp3) is 0.417. The van der Waals surface area contributed by atoms with Gasteiger partial charge in [0.2, 0.25) is 5.91 Å².